The molecule has 1 aromatic carbocycles. The fraction of sp³-hybridized carbons (Fsp3) is 0.400. The van der Waals surface area contributed by atoms with E-state index in [1.165, 1.54) is 5.56 Å². The molecule has 2 aromatic rings. The van der Waals surface area contributed by atoms with Crippen LogP contribution in [-0.2, 0) is 6.54 Å². The standard InChI is InChI=1S/C15H20ClN3/c1-3-9-19-15(13(16)10-18-19)14(17)11(2)12-7-5-4-6-8-12/h4-8,10-11,14H,3,9,17H2,1-2H3. The van der Waals surface area contributed by atoms with E-state index in [1.54, 1.807) is 6.20 Å². The fourth-order valence-electron chi connectivity index (χ4n) is 2.29. The zero-order valence-corrected chi connectivity index (χ0v) is 12.1. The Bertz CT molecular complexity index is 521. The number of hydrogen-bond acceptors (Lipinski definition) is 2. The van der Waals surface area contributed by atoms with Crippen LogP contribution in [0.3, 0.4) is 0 Å². The quantitative estimate of drug-likeness (QED) is 0.904. The van der Waals surface area contributed by atoms with Crippen LogP contribution in [-0.4, -0.2) is 9.78 Å². The Morgan fingerprint density at radius 3 is 2.63 bits per heavy atom. The molecule has 102 valence electrons. The van der Waals surface area contributed by atoms with Crippen molar-refractivity contribution < 1.29 is 0 Å². The largest absolute Gasteiger partial charge is 0.322 e. The van der Waals surface area contributed by atoms with E-state index in [0.29, 0.717) is 5.02 Å². The molecule has 0 radical (unpaired) electrons. The first-order valence-corrected chi connectivity index (χ1v) is 7.04. The minimum atomic E-state index is -0.149. The van der Waals surface area contributed by atoms with Crippen LogP contribution in [0.5, 0.6) is 0 Å². The van der Waals surface area contributed by atoms with Gasteiger partial charge < -0.3 is 5.73 Å². The molecule has 0 aliphatic carbocycles. The van der Waals surface area contributed by atoms with Crippen molar-refractivity contribution in [3.05, 3.63) is 52.8 Å². The van der Waals surface area contributed by atoms with Crippen LogP contribution in [0.15, 0.2) is 36.5 Å². The van der Waals surface area contributed by atoms with Crippen molar-refractivity contribution >= 4 is 11.6 Å². The zero-order valence-electron chi connectivity index (χ0n) is 11.4. The maximum Gasteiger partial charge on any atom is 0.0834 e. The summed E-state index contributed by atoms with van der Waals surface area (Å²) in [7, 11) is 0. The summed E-state index contributed by atoms with van der Waals surface area (Å²) >= 11 is 6.24. The maximum absolute atomic E-state index is 6.40. The molecule has 0 aliphatic heterocycles. The predicted molar refractivity (Wildman–Crippen MR) is 79.3 cm³/mol. The molecule has 0 bridgehead atoms. The number of nitrogens with zero attached hydrogens (tertiary/aromatic N) is 2. The van der Waals surface area contributed by atoms with Crippen molar-refractivity contribution in [1.82, 2.24) is 9.78 Å². The van der Waals surface area contributed by atoms with E-state index < -0.39 is 0 Å². The topological polar surface area (TPSA) is 43.8 Å². The Labute approximate surface area is 119 Å². The summed E-state index contributed by atoms with van der Waals surface area (Å²) in [6, 6.07) is 10.1. The molecule has 0 saturated carbocycles. The normalized spacial score (nSPS) is 14.3. The Morgan fingerprint density at radius 2 is 2.00 bits per heavy atom. The molecule has 19 heavy (non-hydrogen) atoms. The Morgan fingerprint density at radius 1 is 1.32 bits per heavy atom. The van der Waals surface area contributed by atoms with E-state index in [1.807, 2.05) is 22.9 Å². The highest BCUT2D eigenvalue weighted by molar-refractivity contribution is 6.31. The van der Waals surface area contributed by atoms with Gasteiger partial charge in [0.05, 0.1) is 23.0 Å². The first-order chi connectivity index (χ1) is 9.15. The summed E-state index contributed by atoms with van der Waals surface area (Å²) in [6.07, 6.45) is 2.70. The predicted octanol–water partition coefficient (Wildman–Crippen LogP) is 3.75. The number of halogens is 1. The van der Waals surface area contributed by atoms with Crippen LogP contribution >= 0.6 is 11.6 Å². The average Bonchev–Trinajstić information content (AvgIpc) is 2.80. The van der Waals surface area contributed by atoms with Gasteiger partial charge in [0, 0.05) is 12.5 Å². The van der Waals surface area contributed by atoms with E-state index in [4.69, 9.17) is 17.3 Å². The molecule has 2 unspecified atom stereocenters. The maximum atomic E-state index is 6.40. The third-order valence-corrected chi connectivity index (χ3v) is 3.74. The van der Waals surface area contributed by atoms with Crippen molar-refractivity contribution in [3.8, 4) is 0 Å². The summed E-state index contributed by atoms with van der Waals surface area (Å²) in [5.41, 5.74) is 8.55. The molecular formula is C15H20ClN3. The van der Waals surface area contributed by atoms with Gasteiger partial charge >= 0.3 is 0 Å². The summed E-state index contributed by atoms with van der Waals surface area (Å²) in [5.74, 6) is 0.200. The second-order valence-corrected chi connectivity index (χ2v) is 5.23. The van der Waals surface area contributed by atoms with Crippen molar-refractivity contribution in [2.24, 2.45) is 5.73 Å². The van der Waals surface area contributed by atoms with Gasteiger partial charge in [-0.15, -0.1) is 0 Å². The van der Waals surface area contributed by atoms with Crippen LogP contribution in [0.1, 0.15) is 43.5 Å². The minimum Gasteiger partial charge on any atom is -0.322 e. The van der Waals surface area contributed by atoms with Gasteiger partial charge in [-0.05, 0) is 12.0 Å². The van der Waals surface area contributed by atoms with Crippen LogP contribution < -0.4 is 5.73 Å². The first kappa shape index (κ1) is 14.1. The summed E-state index contributed by atoms with van der Waals surface area (Å²) in [6.45, 7) is 5.09. The molecule has 4 heteroatoms. The van der Waals surface area contributed by atoms with E-state index in [-0.39, 0.29) is 12.0 Å². The van der Waals surface area contributed by atoms with Crippen molar-refractivity contribution in [2.75, 3.05) is 0 Å². The first-order valence-electron chi connectivity index (χ1n) is 6.66. The second-order valence-electron chi connectivity index (χ2n) is 4.83. The summed E-state index contributed by atoms with van der Waals surface area (Å²) in [4.78, 5) is 0. The molecule has 1 aromatic heterocycles. The van der Waals surface area contributed by atoms with Gasteiger partial charge in [-0.3, -0.25) is 4.68 Å². The van der Waals surface area contributed by atoms with Gasteiger partial charge in [0.25, 0.3) is 0 Å². The highest BCUT2D eigenvalue weighted by Gasteiger charge is 2.23. The lowest BCUT2D eigenvalue weighted by molar-refractivity contribution is 0.503. The number of nitrogens with two attached hydrogens (primary N) is 1. The van der Waals surface area contributed by atoms with Gasteiger partial charge in [-0.2, -0.15) is 5.10 Å². The second kappa shape index (κ2) is 6.22. The van der Waals surface area contributed by atoms with Gasteiger partial charge in [-0.1, -0.05) is 55.8 Å². The third-order valence-electron chi connectivity index (χ3n) is 3.45. The Kier molecular flexibility index (Phi) is 4.61. The third kappa shape index (κ3) is 2.99. The molecule has 2 rings (SSSR count). The number of aryl methyl sites for hydroxylation is 1. The van der Waals surface area contributed by atoms with Gasteiger partial charge in [0.15, 0.2) is 0 Å². The van der Waals surface area contributed by atoms with Gasteiger partial charge in [0.1, 0.15) is 0 Å². The van der Waals surface area contributed by atoms with Crippen LogP contribution in [0.4, 0.5) is 0 Å². The smallest absolute Gasteiger partial charge is 0.0834 e. The number of aromatic nitrogens is 2. The zero-order chi connectivity index (χ0) is 13.8. The molecule has 1 heterocycles. The van der Waals surface area contributed by atoms with Gasteiger partial charge in [-0.25, -0.2) is 0 Å². The fourth-order valence-corrected chi connectivity index (χ4v) is 2.56. The molecule has 3 nitrogen and oxygen atoms in total. The Balaban J connectivity index is 2.28. The molecule has 2 atom stereocenters. The van der Waals surface area contributed by atoms with Gasteiger partial charge in [0.2, 0.25) is 0 Å². The minimum absolute atomic E-state index is 0.149. The molecule has 0 spiro atoms. The average molecular weight is 278 g/mol. The highest BCUT2D eigenvalue weighted by Crippen LogP contribution is 2.32. The molecular weight excluding hydrogens is 258 g/mol. The van der Waals surface area contributed by atoms with Crippen molar-refractivity contribution in [1.29, 1.82) is 0 Å². The summed E-state index contributed by atoms with van der Waals surface area (Å²) in [5, 5.41) is 4.96. The number of rotatable bonds is 5. The van der Waals surface area contributed by atoms with Crippen LogP contribution in [0.25, 0.3) is 0 Å². The van der Waals surface area contributed by atoms with Crippen molar-refractivity contribution in [3.63, 3.8) is 0 Å². The van der Waals surface area contributed by atoms with E-state index >= 15 is 0 Å². The number of hydrogen-bond donors (Lipinski definition) is 1. The van der Waals surface area contributed by atoms with E-state index in [9.17, 15) is 0 Å². The van der Waals surface area contributed by atoms with Crippen LogP contribution in [0.2, 0.25) is 5.02 Å². The number of benzene rings is 1. The molecule has 0 saturated heterocycles. The molecule has 0 aliphatic rings. The van der Waals surface area contributed by atoms with Crippen molar-refractivity contribution in [2.45, 2.75) is 38.8 Å². The highest BCUT2D eigenvalue weighted by atomic mass is 35.5. The molecule has 0 fully saturated rings. The SMILES string of the molecule is CCCn1ncc(Cl)c1C(N)C(C)c1ccccc1. The Hall–Kier alpha value is -1.32. The monoisotopic (exact) mass is 277 g/mol. The lowest BCUT2D eigenvalue weighted by atomic mass is 9.92. The lowest BCUT2D eigenvalue weighted by Gasteiger charge is -2.22. The molecule has 2 N–H and O–H groups in total. The molecule has 0 amide bonds. The lowest BCUT2D eigenvalue weighted by Crippen LogP contribution is -2.22. The van der Waals surface area contributed by atoms with E-state index in [0.717, 1.165) is 18.7 Å². The van der Waals surface area contributed by atoms with E-state index in [2.05, 4.69) is 31.1 Å². The summed E-state index contributed by atoms with van der Waals surface area (Å²) < 4.78 is 1.92. The van der Waals surface area contributed by atoms with Crippen LogP contribution in [0, 0.1) is 0 Å².